The average molecular weight is 336 g/mol. The molecule has 134 valence electrons. The van der Waals surface area contributed by atoms with Gasteiger partial charge in [0.25, 0.3) is 0 Å². The summed E-state index contributed by atoms with van der Waals surface area (Å²) in [5.74, 6) is 0. The van der Waals surface area contributed by atoms with Crippen molar-refractivity contribution in [2.75, 3.05) is 38.2 Å². The predicted molar refractivity (Wildman–Crippen MR) is 93.1 cm³/mol. The van der Waals surface area contributed by atoms with Gasteiger partial charge in [0.2, 0.25) is 0 Å². The Bertz CT molecular complexity index is 561. The molecule has 1 aromatic carbocycles. The van der Waals surface area contributed by atoms with E-state index in [-0.39, 0.29) is 12.7 Å². The minimum absolute atomic E-state index is 0.00952. The minimum atomic E-state index is -0.471. The van der Waals surface area contributed by atoms with Crippen molar-refractivity contribution in [1.29, 1.82) is 0 Å². The molecular formula is C18H28N2O4. The van der Waals surface area contributed by atoms with Crippen molar-refractivity contribution in [2.45, 2.75) is 39.6 Å². The monoisotopic (exact) mass is 336 g/mol. The quantitative estimate of drug-likeness (QED) is 0.915. The number of aliphatic hydroxyl groups is 1. The molecule has 0 radical (unpaired) electrons. The van der Waals surface area contributed by atoms with Gasteiger partial charge in [-0.25, -0.2) is 4.79 Å². The molecule has 1 aromatic rings. The molecule has 6 nitrogen and oxygen atoms in total. The van der Waals surface area contributed by atoms with Crippen molar-refractivity contribution in [2.24, 2.45) is 0 Å². The zero-order chi connectivity index (χ0) is 17.7. The number of aliphatic hydroxyl groups excluding tert-OH is 1. The fraction of sp³-hybridized carbons (Fsp3) is 0.611. The highest BCUT2D eigenvalue weighted by Gasteiger charge is 2.26. The van der Waals surface area contributed by atoms with Crippen LogP contribution in [0.1, 0.15) is 31.9 Å². The molecular weight excluding hydrogens is 308 g/mol. The Morgan fingerprint density at radius 3 is 2.38 bits per heavy atom. The van der Waals surface area contributed by atoms with E-state index in [1.54, 1.807) is 12.0 Å². The number of amides is 1. The number of rotatable bonds is 4. The zero-order valence-electron chi connectivity index (χ0n) is 15.0. The molecule has 0 unspecified atom stereocenters. The molecule has 2 rings (SSSR count). The molecule has 1 aliphatic rings. The Morgan fingerprint density at radius 2 is 1.83 bits per heavy atom. The van der Waals surface area contributed by atoms with Crippen molar-refractivity contribution >= 4 is 11.8 Å². The number of hydrogen-bond acceptors (Lipinski definition) is 5. The molecule has 0 spiro atoms. The molecule has 1 N–H and O–H groups in total. The second-order valence-corrected chi connectivity index (χ2v) is 7.00. The predicted octanol–water partition coefficient (Wildman–Crippen LogP) is 2.38. The fourth-order valence-corrected chi connectivity index (χ4v) is 2.73. The first-order valence-corrected chi connectivity index (χ1v) is 8.28. The van der Waals surface area contributed by atoms with E-state index in [2.05, 4.69) is 4.90 Å². The van der Waals surface area contributed by atoms with E-state index in [0.717, 1.165) is 29.9 Å². The average Bonchev–Trinajstić information content (AvgIpc) is 2.54. The summed E-state index contributed by atoms with van der Waals surface area (Å²) in [4.78, 5) is 16.1. The lowest BCUT2D eigenvalue weighted by Gasteiger charge is -2.37. The highest BCUT2D eigenvalue weighted by Crippen LogP contribution is 2.22. The maximum Gasteiger partial charge on any atom is 0.410 e. The first-order valence-electron chi connectivity index (χ1n) is 8.28. The molecule has 0 aliphatic carbocycles. The highest BCUT2D eigenvalue weighted by molar-refractivity contribution is 5.68. The van der Waals surface area contributed by atoms with Gasteiger partial charge in [0.05, 0.1) is 13.2 Å². The maximum atomic E-state index is 12.1. The van der Waals surface area contributed by atoms with Crippen LogP contribution in [0.4, 0.5) is 10.5 Å². The van der Waals surface area contributed by atoms with Crippen LogP contribution in [0.15, 0.2) is 18.2 Å². The molecule has 1 amide bonds. The van der Waals surface area contributed by atoms with Gasteiger partial charge in [-0.1, -0.05) is 6.07 Å². The van der Waals surface area contributed by atoms with Crippen molar-refractivity contribution in [3.05, 3.63) is 29.3 Å². The van der Waals surface area contributed by atoms with E-state index in [9.17, 15) is 9.90 Å². The lowest BCUT2D eigenvalue weighted by molar-refractivity contribution is 0.0240. The number of methoxy groups -OCH3 is 1. The first kappa shape index (κ1) is 18.5. The lowest BCUT2D eigenvalue weighted by Crippen LogP contribution is -2.50. The second-order valence-electron chi connectivity index (χ2n) is 7.00. The van der Waals surface area contributed by atoms with Gasteiger partial charge in [0.1, 0.15) is 5.60 Å². The molecule has 1 saturated heterocycles. The number of piperazine rings is 1. The molecule has 24 heavy (non-hydrogen) atoms. The standard InChI is InChI=1S/C18H28N2O4/c1-18(2,3)24-17(22)20-9-7-19(8-10-20)16-6-5-14(13-23-4)15(11-16)12-21/h5-6,11,21H,7-10,12-13H2,1-4H3. The van der Waals surface area contributed by atoms with E-state index >= 15 is 0 Å². The number of nitrogens with zero attached hydrogens (tertiary/aromatic N) is 2. The van der Waals surface area contributed by atoms with Crippen molar-refractivity contribution in [3.63, 3.8) is 0 Å². The van der Waals surface area contributed by atoms with Gasteiger partial charge in [0.15, 0.2) is 0 Å². The third-order valence-corrected chi connectivity index (χ3v) is 3.96. The van der Waals surface area contributed by atoms with Crippen molar-refractivity contribution < 1.29 is 19.4 Å². The van der Waals surface area contributed by atoms with Crippen LogP contribution in [0.3, 0.4) is 0 Å². The number of carbonyl (C=O) groups is 1. The molecule has 0 bridgehead atoms. The van der Waals surface area contributed by atoms with Gasteiger partial charge in [-0.15, -0.1) is 0 Å². The lowest BCUT2D eigenvalue weighted by atomic mass is 10.1. The summed E-state index contributed by atoms with van der Waals surface area (Å²) in [6, 6.07) is 6.03. The van der Waals surface area contributed by atoms with Crippen LogP contribution < -0.4 is 4.90 Å². The van der Waals surface area contributed by atoms with Crippen LogP contribution in [-0.4, -0.2) is 55.0 Å². The third-order valence-electron chi connectivity index (χ3n) is 3.96. The molecule has 1 aliphatic heterocycles. The number of benzene rings is 1. The molecule has 0 atom stereocenters. The van der Waals surface area contributed by atoms with Gasteiger partial charge in [-0.05, 0) is 44.0 Å². The van der Waals surface area contributed by atoms with Crippen LogP contribution in [0.5, 0.6) is 0 Å². The van der Waals surface area contributed by atoms with Gasteiger partial charge in [-0.2, -0.15) is 0 Å². The summed E-state index contributed by atoms with van der Waals surface area (Å²) >= 11 is 0. The number of carbonyl (C=O) groups excluding carboxylic acids is 1. The van der Waals surface area contributed by atoms with E-state index in [4.69, 9.17) is 9.47 Å². The Hall–Kier alpha value is -1.79. The van der Waals surface area contributed by atoms with Crippen LogP contribution in [0.2, 0.25) is 0 Å². The van der Waals surface area contributed by atoms with Gasteiger partial charge < -0.3 is 24.4 Å². The molecule has 6 heteroatoms. The maximum absolute atomic E-state index is 12.1. The Kier molecular flexibility index (Phi) is 6.07. The zero-order valence-corrected chi connectivity index (χ0v) is 15.0. The van der Waals surface area contributed by atoms with Crippen LogP contribution in [0, 0.1) is 0 Å². The number of anilines is 1. The van der Waals surface area contributed by atoms with Crippen molar-refractivity contribution in [1.82, 2.24) is 4.90 Å². The fourth-order valence-electron chi connectivity index (χ4n) is 2.73. The van der Waals surface area contributed by atoms with Crippen LogP contribution in [-0.2, 0) is 22.7 Å². The van der Waals surface area contributed by atoms with Gasteiger partial charge in [-0.3, -0.25) is 0 Å². The van der Waals surface area contributed by atoms with Crippen LogP contribution >= 0.6 is 0 Å². The summed E-state index contributed by atoms with van der Waals surface area (Å²) in [5.41, 5.74) is 2.46. The normalized spacial score (nSPS) is 15.5. The van der Waals surface area contributed by atoms with E-state index in [1.165, 1.54) is 0 Å². The summed E-state index contributed by atoms with van der Waals surface area (Å²) in [5, 5.41) is 9.55. The third kappa shape index (κ3) is 4.85. The summed E-state index contributed by atoms with van der Waals surface area (Å²) in [6.45, 7) is 8.85. The SMILES string of the molecule is COCc1ccc(N2CCN(C(=O)OC(C)(C)C)CC2)cc1CO. The van der Waals surface area contributed by atoms with E-state index < -0.39 is 5.60 Å². The highest BCUT2D eigenvalue weighted by atomic mass is 16.6. The molecule has 0 saturated carbocycles. The topological polar surface area (TPSA) is 62.2 Å². The minimum Gasteiger partial charge on any atom is -0.444 e. The smallest absolute Gasteiger partial charge is 0.410 e. The largest absolute Gasteiger partial charge is 0.444 e. The Balaban J connectivity index is 1.98. The van der Waals surface area contributed by atoms with Crippen LogP contribution in [0.25, 0.3) is 0 Å². The first-order chi connectivity index (χ1) is 11.3. The van der Waals surface area contributed by atoms with E-state index in [0.29, 0.717) is 19.7 Å². The number of ether oxygens (including phenoxy) is 2. The summed E-state index contributed by atoms with van der Waals surface area (Å²) in [6.07, 6.45) is -0.256. The number of hydrogen-bond donors (Lipinski definition) is 1. The van der Waals surface area contributed by atoms with Crippen molar-refractivity contribution in [3.8, 4) is 0 Å². The van der Waals surface area contributed by atoms with Gasteiger partial charge in [0, 0.05) is 39.0 Å². The summed E-state index contributed by atoms with van der Waals surface area (Å²) < 4.78 is 10.6. The second kappa shape index (κ2) is 7.85. The molecule has 0 aromatic heterocycles. The Labute approximate surface area is 144 Å². The molecule has 1 fully saturated rings. The summed E-state index contributed by atoms with van der Waals surface area (Å²) in [7, 11) is 1.64. The molecule has 1 heterocycles. The van der Waals surface area contributed by atoms with E-state index in [1.807, 2.05) is 39.0 Å². The van der Waals surface area contributed by atoms with Gasteiger partial charge >= 0.3 is 6.09 Å². The Morgan fingerprint density at radius 1 is 1.17 bits per heavy atom.